The van der Waals surface area contributed by atoms with Crippen LogP contribution in [0.4, 0.5) is 5.69 Å². The maximum Gasteiger partial charge on any atom is 0.224 e. The maximum absolute atomic E-state index is 12.0. The Morgan fingerprint density at radius 3 is 3.00 bits per heavy atom. The van der Waals surface area contributed by atoms with Crippen molar-refractivity contribution in [3.8, 4) is 0 Å². The standard InChI is InChI=1S/C14H21N3O/c1-10-5-6-13(11(2)16-10)17-14(18)8-12-4-3-7-15-9-12/h5-6,12,15H,3-4,7-9H2,1-2H3,(H,17,18). The molecule has 1 fully saturated rings. The van der Waals surface area contributed by atoms with Gasteiger partial charge in [-0.05, 0) is 57.8 Å². The Morgan fingerprint density at radius 2 is 2.33 bits per heavy atom. The molecule has 0 spiro atoms. The van der Waals surface area contributed by atoms with Gasteiger partial charge in [0.15, 0.2) is 0 Å². The van der Waals surface area contributed by atoms with Gasteiger partial charge >= 0.3 is 0 Å². The van der Waals surface area contributed by atoms with Crippen molar-refractivity contribution >= 4 is 11.6 Å². The van der Waals surface area contributed by atoms with Crippen LogP contribution in [0, 0.1) is 19.8 Å². The monoisotopic (exact) mass is 247 g/mol. The van der Waals surface area contributed by atoms with Gasteiger partial charge in [-0.25, -0.2) is 0 Å². The summed E-state index contributed by atoms with van der Waals surface area (Å²) in [6, 6.07) is 3.85. The number of carbonyl (C=O) groups excluding carboxylic acids is 1. The Balaban J connectivity index is 1.90. The molecule has 1 aromatic heterocycles. The predicted molar refractivity (Wildman–Crippen MR) is 72.6 cm³/mol. The zero-order valence-corrected chi connectivity index (χ0v) is 11.1. The Labute approximate surface area is 108 Å². The fourth-order valence-corrected chi connectivity index (χ4v) is 2.38. The van der Waals surface area contributed by atoms with Gasteiger partial charge in [0.2, 0.25) is 5.91 Å². The van der Waals surface area contributed by atoms with Crippen molar-refractivity contribution in [3.05, 3.63) is 23.5 Å². The topological polar surface area (TPSA) is 54.0 Å². The molecule has 2 rings (SSSR count). The van der Waals surface area contributed by atoms with Crippen LogP contribution in [0.5, 0.6) is 0 Å². The maximum atomic E-state index is 12.0. The number of nitrogens with one attached hydrogen (secondary N) is 2. The summed E-state index contributed by atoms with van der Waals surface area (Å²) in [7, 11) is 0. The Kier molecular flexibility index (Phi) is 4.31. The van der Waals surface area contributed by atoms with Gasteiger partial charge in [-0.15, -0.1) is 0 Å². The molecule has 1 aromatic rings. The number of hydrogen-bond acceptors (Lipinski definition) is 3. The van der Waals surface area contributed by atoms with E-state index in [1.165, 1.54) is 6.42 Å². The first-order valence-corrected chi connectivity index (χ1v) is 6.60. The van der Waals surface area contributed by atoms with Crippen LogP contribution < -0.4 is 10.6 Å². The molecule has 1 aliphatic rings. The molecule has 1 amide bonds. The summed E-state index contributed by atoms with van der Waals surface area (Å²) >= 11 is 0. The first-order chi connectivity index (χ1) is 8.65. The number of piperidine rings is 1. The number of rotatable bonds is 3. The molecule has 0 aromatic carbocycles. The molecule has 18 heavy (non-hydrogen) atoms. The minimum absolute atomic E-state index is 0.0949. The van der Waals surface area contributed by atoms with Crippen molar-refractivity contribution in [3.63, 3.8) is 0 Å². The van der Waals surface area contributed by atoms with Gasteiger partial charge in [0.05, 0.1) is 11.4 Å². The highest BCUT2D eigenvalue weighted by molar-refractivity contribution is 5.91. The van der Waals surface area contributed by atoms with Crippen LogP contribution in [-0.2, 0) is 4.79 Å². The number of amides is 1. The minimum atomic E-state index is 0.0949. The van der Waals surface area contributed by atoms with Gasteiger partial charge in [-0.1, -0.05) is 0 Å². The van der Waals surface area contributed by atoms with Crippen LogP contribution in [0.2, 0.25) is 0 Å². The number of pyridine rings is 1. The van der Waals surface area contributed by atoms with Crippen molar-refractivity contribution in [2.45, 2.75) is 33.1 Å². The highest BCUT2D eigenvalue weighted by Gasteiger charge is 2.17. The molecule has 1 atom stereocenters. The molecule has 1 saturated heterocycles. The van der Waals surface area contributed by atoms with E-state index < -0.39 is 0 Å². The lowest BCUT2D eigenvalue weighted by Crippen LogP contribution is -2.32. The molecule has 0 saturated carbocycles. The van der Waals surface area contributed by atoms with Gasteiger partial charge in [0.1, 0.15) is 0 Å². The number of anilines is 1. The Bertz CT molecular complexity index is 425. The second kappa shape index (κ2) is 5.96. The summed E-state index contributed by atoms with van der Waals surface area (Å²) in [5.41, 5.74) is 2.68. The van der Waals surface area contributed by atoms with Crippen molar-refractivity contribution in [2.24, 2.45) is 5.92 Å². The highest BCUT2D eigenvalue weighted by atomic mass is 16.1. The lowest BCUT2D eigenvalue weighted by Gasteiger charge is -2.22. The minimum Gasteiger partial charge on any atom is -0.324 e. The van der Waals surface area contributed by atoms with E-state index in [-0.39, 0.29) is 5.91 Å². The number of aromatic nitrogens is 1. The SMILES string of the molecule is Cc1ccc(NC(=O)CC2CCCNC2)c(C)n1. The third kappa shape index (κ3) is 3.53. The third-order valence-electron chi connectivity index (χ3n) is 3.37. The van der Waals surface area contributed by atoms with Crippen molar-refractivity contribution in [2.75, 3.05) is 18.4 Å². The third-order valence-corrected chi connectivity index (χ3v) is 3.37. The first-order valence-electron chi connectivity index (χ1n) is 6.60. The number of nitrogens with zero attached hydrogens (tertiary/aromatic N) is 1. The van der Waals surface area contributed by atoms with Gasteiger partial charge in [-0.3, -0.25) is 9.78 Å². The Morgan fingerprint density at radius 1 is 1.50 bits per heavy atom. The summed E-state index contributed by atoms with van der Waals surface area (Å²) in [5, 5.41) is 6.29. The smallest absolute Gasteiger partial charge is 0.224 e. The van der Waals surface area contributed by atoms with E-state index in [1.54, 1.807) is 0 Å². The molecule has 98 valence electrons. The van der Waals surface area contributed by atoms with Crippen LogP contribution in [0.3, 0.4) is 0 Å². The van der Waals surface area contributed by atoms with Gasteiger partial charge in [0, 0.05) is 12.1 Å². The number of hydrogen-bond donors (Lipinski definition) is 2. The molecule has 2 heterocycles. The van der Waals surface area contributed by atoms with Gasteiger partial charge in [-0.2, -0.15) is 0 Å². The largest absolute Gasteiger partial charge is 0.324 e. The highest BCUT2D eigenvalue weighted by Crippen LogP contribution is 2.17. The van der Waals surface area contributed by atoms with E-state index in [4.69, 9.17) is 0 Å². The summed E-state index contributed by atoms with van der Waals surface area (Å²) in [4.78, 5) is 16.3. The van der Waals surface area contributed by atoms with Crippen molar-refractivity contribution < 1.29 is 4.79 Å². The van der Waals surface area contributed by atoms with Crippen LogP contribution >= 0.6 is 0 Å². The lowest BCUT2D eigenvalue weighted by molar-refractivity contribution is -0.117. The molecule has 1 unspecified atom stereocenters. The van der Waals surface area contributed by atoms with Crippen LogP contribution in [-0.4, -0.2) is 24.0 Å². The number of carbonyl (C=O) groups is 1. The summed E-state index contributed by atoms with van der Waals surface area (Å²) in [6.45, 7) is 5.91. The normalized spacial score (nSPS) is 19.6. The first kappa shape index (κ1) is 13.0. The van der Waals surface area contributed by atoms with E-state index in [1.807, 2.05) is 26.0 Å². The van der Waals surface area contributed by atoms with Gasteiger partial charge < -0.3 is 10.6 Å². The average molecular weight is 247 g/mol. The molecule has 1 aliphatic heterocycles. The second-order valence-corrected chi connectivity index (χ2v) is 5.05. The molecular weight excluding hydrogens is 226 g/mol. The molecule has 0 aliphatic carbocycles. The Hall–Kier alpha value is -1.42. The fourth-order valence-electron chi connectivity index (χ4n) is 2.38. The second-order valence-electron chi connectivity index (χ2n) is 5.05. The van der Waals surface area contributed by atoms with E-state index in [9.17, 15) is 4.79 Å². The lowest BCUT2D eigenvalue weighted by atomic mass is 9.96. The van der Waals surface area contributed by atoms with E-state index in [0.29, 0.717) is 12.3 Å². The molecular formula is C14H21N3O. The number of aryl methyl sites for hydroxylation is 2. The molecule has 2 N–H and O–H groups in total. The van der Waals surface area contributed by atoms with Crippen molar-refractivity contribution in [1.82, 2.24) is 10.3 Å². The van der Waals surface area contributed by atoms with Crippen LogP contribution in [0.1, 0.15) is 30.7 Å². The van der Waals surface area contributed by atoms with Crippen LogP contribution in [0.25, 0.3) is 0 Å². The fraction of sp³-hybridized carbons (Fsp3) is 0.571. The molecule has 0 radical (unpaired) electrons. The zero-order chi connectivity index (χ0) is 13.0. The molecule has 4 heteroatoms. The summed E-state index contributed by atoms with van der Waals surface area (Å²) in [6.07, 6.45) is 2.91. The van der Waals surface area contributed by atoms with E-state index >= 15 is 0 Å². The van der Waals surface area contributed by atoms with E-state index in [0.717, 1.165) is 36.6 Å². The van der Waals surface area contributed by atoms with Crippen LogP contribution in [0.15, 0.2) is 12.1 Å². The van der Waals surface area contributed by atoms with Crippen molar-refractivity contribution in [1.29, 1.82) is 0 Å². The van der Waals surface area contributed by atoms with Gasteiger partial charge in [0.25, 0.3) is 0 Å². The molecule has 4 nitrogen and oxygen atoms in total. The zero-order valence-electron chi connectivity index (χ0n) is 11.1. The average Bonchev–Trinajstić information content (AvgIpc) is 2.34. The quantitative estimate of drug-likeness (QED) is 0.859. The summed E-state index contributed by atoms with van der Waals surface area (Å²) < 4.78 is 0. The summed E-state index contributed by atoms with van der Waals surface area (Å²) in [5.74, 6) is 0.565. The van der Waals surface area contributed by atoms with E-state index in [2.05, 4.69) is 15.6 Å². The predicted octanol–water partition coefficient (Wildman–Crippen LogP) is 2.03. The molecule has 0 bridgehead atoms.